The Labute approximate surface area is 116 Å². The van der Waals surface area contributed by atoms with E-state index in [1.54, 1.807) is 23.0 Å². The molecule has 4 heteroatoms. The Kier molecular flexibility index (Phi) is 3.31. The zero-order valence-electron chi connectivity index (χ0n) is 10.8. The normalized spacial score (nSPS) is 10.7. The van der Waals surface area contributed by atoms with E-state index < -0.39 is 0 Å². The molecule has 0 amide bonds. The fraction of sp³-hybridized carbons (Fsp3) is 0.0625. The number of benzene rings is 2. The molecular weight excluding hydrogens is 253 g/mol. The van der Waals surface area contributed by atoms with Gasteiger partial charge in [-0.2, -0.15) is 5.10 Å². The van der Waals surface area contributed by atoms with Crippen LogP contribution in [0.2, 0.25) is 0 Å². The third kappa shape index (κ3) is 2.46. The van der Waals surface area contributed by atoms with Gasteiger partial charge in [-0.15, -0.1) is 0 Å². The maximum Gasteiger partial charge on any atom is 0.123 e. The molecule has 0 saturated carbocycles. The third-order valence-corrected chi connectivity index (χ3v) is 3.20. The second kappa shape index (κ2) is 5.27. The van der Waals surface area contributed by atoms with Gasteiger partial charge in [-0.3, -0.25) is 0 Å². The minimum Gasteiger partial charge on any atom is -0.326 e. The van der Waals surface area contributed by atoms with Gasteiger partial charge in [0.2, 0.25) is 0 Å². The van der Waals surface area contributed by atoms with E-state index >= 15 is 0 Å². The van der Waals surface area contributed by atoms with Crippen molar-refractivity contribution in [2.75, 3.05) is 0 Å². The summed E-state index contributed by atoms with van der Waals surface area (Å²) < 4.78 is 14.6. The Morgan fingerprint density at radius 1 is 0.950 bits per heavy atom. The van der Waals surface area contributed by atoms with Crippen molar-refractivity contribution in [2.45, 2.75) is 6.54 Å². The lowest BCUT2D eigenvalue weighted by Gasteiger charge is -2.01. The predicted molar refractivity (Wildman–Crippen MR) is 76.8 cm³/mol. The van der Waals surface area contributed by atoms with Crippen LogP contribution in [0.1, 0.15) is 5.56 Å². The van der Waals surface area contributed by atoms with Gasteiger partial charge in [-0.05, 0) is 35.4 Å². The van der Waals surface area contributed by atoms with Gasteiger partial charge < -0.3 is 5.73 Å². The number of nitrogens with zero attached hydrogens (tertiary/aromatic N) is 2. The standard InChI is InChI=1S/C16H14FN3/c17-15-5-7-16(8-6-15)20-11-14(10-19-20)13-3-1-12(9-18)2-4-13/h1-8,10-11H,9,18H2. The Balaban J connectivity index is 1.91. The molecule has 2 aromatic carbocycles. The monoisotopic (exact) mass is 267 g/mol. The zero-order chi connectivity index (χ0) is 13.9. The first kappa shape index (κ1) is 12.6. The number of hydrogen-bond donors (Lipinski definition) is 1. The topological polar surface area (TPSA) is 43.8 Å². The van der Waals surface area contributed by atoms with E-state index in [0.29, 0.717) is 6.54 Å². The summed E-state index contributed by atoms with van der Waals surface area (Å²) in [6.07, 6.45) is 3.71. The van der Waals surface area contributed by atoms with Crippen molar-refractivity contribution in [1.29, 1.82) is 0 Å². The maximum absolute atomic E-state index is 12.9. The lowest BCUT2D eigenvalue weighted by atomic mass is 10.1. The molecule has 0 aliphatic heterocycles. The van der Waals surface area contributed by atoms with Crippen molar-refractivity contribution < 1.29 is 4.39 Å². The molecule has 100 valence electrons. The lowest BCUT2D eigenvalue weighted by Crippen LogP contribution is -1.95. The lowest BCUT2D eigenvalue weighted by molar-refractivity contribution is 0.627. The van der Waals surface area contributed by atoms with Crippen molar-refractivity contribution >= 4 is 0 Å². The maximum atomic E-state index is 12.9. The van der Waals surface area contributed by atoms with E-state index in [9.17, 15) is 4.39 Å². The minimum absolute atomic E-state index is 0.251. The highest BCUT2D eigenvalue weighted by Gasteiger charge is 2.03. The summed E-state index contributed by atoms with van der Waals surface area (Å²) in [5.74, 6) is -0.251. The molecule has 1 heterocycles. The van der Waals surface area contributed by atoms with Crippen LogP contribution in [0.5, 0.6) is 0 Å². The molecule has 0 bridgehead atoms. The molecule has 0 unspecified atom stereocenters. The van der Waals surface area contributed by atoms with Gasteiger partial charge in [0.1, 0.15) is 5.82 Å². The molecule has 0 radical (unpaired) electrons. The van der Waals surface area contributed by atoms with Gasteiger partial charge in [0.05, 0.1) is 11.9 Å². The van der Waals surface area contributed by atoms with Crippen LogP contribution in [0.4, 0.5) is 4.39 Å². The molecule has 1 aromatic heterocycles. The summed E-state index contributed by atoms with van der Waals surface area (Å²) in [7, 11) is 0. The average Bonchev–Trinajstić information content (AvgIpc) is 2.98. The van der Waals surface area contributed by atoms with Crippen LogP contribution in [-0.4, -0.2) is 9.78 Å². The van der Waals surface area contributed by atoms with E-state index in [-0.39, 0.29) is 5.82 Å². The van der Waals surface area contributed by atoms with Crippen molar-refractivity contribution in [3.8, 4) is 16.8 Å². The first-order valence-electron chi connectivity index (χ1n) is 6.36. The van der Waals surface area contributed by atoms with E-state index in [2.05, 4.69) is 5.10 Å². The van der Waals surface area contributed by atoms with Crippen LogP contribution < -0.4 is 5.73 Å². The van der Waals surface area contributed by atoms with Crippen LogP contribution in [-0.2, 0) is 6.54 Å². The van der Waals surface area contributed by atoms with E-state index in [0.717, 1.165) is 22.4 Å². The van der Waals surface area contributed by atoms with E-state index in [4.69, 9.17) is 5.73 Å². The zero-order valence-corrected chi connectivity index (χ0v) is 10.8. The first-order valence-corrected chi connectivity index (χ1v) is 6.36. The average molecular weight is 267 g/mol. The van der Waals surface area contributed by atoms with Crippen molar-refractivity contribution in [3.63, 3.8) is 0 Å². The SMILES string of the molecule is NCc1ccc(-c2cnn(-c3ccc(F)cc3)c2)cc1. The summed E-state index contributed by atoms with van der Waals surface area (Å²) in [5, 5.41) is 4.30. The van der Waals surface area contributed by atoms with Gasteiger partial charge in [0.15, 0.2) is 0 Å². The van der Waals surface area contributed by atoms with E-state index in [1.165, 1.54) is 12.1 Å². The number of rotatable bonds is 3. The minimum atomic E-state index is -0.251. The molecular formula is C16H14FN3. The Morgan fingerprint density at radius 2 is 1.65 bits per heavy atom. The fourth-order valence-corrected chi connectivity index (χ4v) is 2.04. The molecule has 3 aromatic rings. The Morgan fingerprint density at radius 3 is 2.30 bits per heavy atom. The molecule has 20 heavy (non-hydrogen) atoms. The summed E-state index contributed by atoms with van der Waals surface area (Å²) in [6, 6.07) is 14.3. The fourth-order valence-electron chi connectivity index (χ4n) is 2.04. The number of aromatic nitrogens is 2. The summed E-state index contributed by atoms with van der Waals surface area (Å²) >= 11 is 0. The second-order valence-electron chi connectivity index (χ2n) is 4.55. The first-order chi connectivity index (χ1) is 9.76. The van der Waals surface area contributed by atoms with Crippen LogP contribution >= 0.6 is 0 Å². The van der Waals surface area contributed by atoms with Gasteiger partial charge in [-0.25, -0.2) is 9.07 Å². The summed E-state index contributed by atoms with van der Waals surface area (Å²) in [6.45, 7) is 0.537. The highest BCUT2D eigenvalue weighted by Crippen LogP contribution is 2.20. The van der Waals surface area contributed by atoms with Crippen LogP contribution in [0.25, 0.3) is 16.8 Å². The number of hydrogen-bond acceptors (Lipinski definition) is 2. The third-order valence-electron chi connectivity index (χ3n) is 3.20. The Hall–Kier alpha value is -2.46. The van der Waals surface area contributed by atoms with Gasteiger partial charge in [0.25, 0.3) is 0 Å². The molecule has 0 spiro atoms. The molecule has 0 fully saturated rings. The van der Waals surface area contributed by atoms with Gasteiger partial charge in [-0.1, -0.05) is 24.3 Å². The molecule has 0 aliphatic carbocycles. The predicted octanol–water partition coefficient (Wildman–Crippen LogP) is 3.14. The second-order valence-corrected chi connectivity index (χ2v) is 4.55. The summed E-state index contributed by atoms with van der Waals surface area (Å²) in [5.41, 5.74) is 9.60. The summed E-state index contributed by atoms with van der Waals surface area (Å²) in [4.78, 5) is 0. The smallest absolute Gasteiger partial charge is 0.123 e. The molecule has 3 nitrogen and oxygen atoms in total. The quantitative estimate of drug-likeness (QED) is 0.792. The molecule has 2 N–H and O–H groups in total. The van der Waals surface area contributed by atoms with Gasteiger partial charge >= 0.3 is 0 Å². The van der Waals surface area contributed by atoms with Crippen LogP contribution in [0, 0.1) is 5.82 Å². The molecule has 0 atom stereocenters. The van der Waals surface area contributed by atoms with Crippen molar-refractivity contribution in [3.05, 3.63) is 72.3 Å². The Bertz CT molecular complexity index is 699. The number of halogens is 1. The van der Waals surface area contributed by atoms with Crippen LogP contribution in [0.3, 0.4) is 0 Å². The number of nitrogens with two attached hydrogens (primary N) is 1. The van der Waals surface area contributed by atoms with Crippen molar-refractivity contribution in [2.24, 2.45) is 5.73 Å². The molecule has 3 rings (SSSR count). The van der Waals surface area contributed by atoms with E-state index in [1.807, 2.05) is 30.5 Å². The highest BCUT2D eigenvalue weighted by atomic mass is 19.1. The molecule has 0 saturated heterocycles. The molecule has 0 aliphatic rings. The van der Waals surface area contributed by atoms with Crippen LogP contribution in [0.15, 0.2) is 60.9 Å². The highest BCUT2D eigenvalue weighted by molar-refractivity contribution is 5.62. The largest absolute Gasteiger partial charge is 0.326 e. The van der Waals surface area contributed by atoms with Crippen molar-refractivity contribution in [1.82, 2.24) is 9.78 Å². The van der Waals surface area contributed by atoms with Gasteiger partial charge in [0, 0.05) is 18.3 Å².